The number of benzene rings is 2. The fraction of sp³-hybridized carbons (Fsp3) is 0.375. The topological polar surface area (TPSA) is 94.2 Å². The number of halogens is 1. The molecule has 3 unspecified atom stereocenters. The number of nitrogens with one attached hydrogen (secondary N) is 1. The van der Waals surface area contributed by atoms with Crippen molar-refractivity contribution in [1.82, 2.24) is 10.2 Å². The van der Waals surface area contributed by atoms with Gasteiger partial charge in [-0.25, -0.2) is 4.79 Å². The first-order valence-electron chi connectivity index (χ1n) is 11.0. The smallest absolute Gasteiger partial charge is 0.410 e. The molecule has 3 amide bonds. The highest BCUT2D eigenvalue weighted by Crippen LogP contribution is 2.25. The molecule has 2 aliphatic heterocycles. The summed E-state index contributed by atoms with van der Waals surface area (Å²) < 4.78 is 17.1. The lowest BCUT2D eigenvalue weighted by atomic mass is 10.1. The lowest BCUT2D eigenvalue weighted by Gasteiger charge is -2.24. The Morgan fingerprint density at radius 2 is 1.94 bits per heavy atom. The van der Waals surface area contributed by atoms with Gasteiger partial charge in [0, 0.05) is 5.02 Å². The van der Waals surface area contributed by atoms with E-state index in [4.69, 9.17) is 25.8 Å². The van der Waals surface area contributed by atoms with E-state index in [9.17, 15) is 14.4 Å². The standard InChI is InChI=1S/C24H25ClN2O6S/c1-2-17(27-12-20(33-24(27)30)14-32-19-5-3-4-16(25)11-19)13-31-18-8-6-15(7-9-18)10-21-22(28)26-23(29)34-21/h3-9,11,17,20-21H,2,10,12-14H2,1H3,(H,26,28,29). The Labute approximate surface area is 206 Å². The minimum absolute atomic E-state index is 0.145. The second-order valence-electron chi connectivity index (χ2n) is 8.03. The number of imide groups is 1. The molecular weight excluding hydrogens is 480 g/mol. The van der Waals surface area contributed by atoms with Crippen molar-refractivity contribution < 1.29 is 28.6 Å². The molecule has 2 aromatic rings. The summed E-state index contributed by atoms with van der Waals surface area (Å²) in [5.74, 6) is 1.03. The summed E-state index contributed by atoms with van der Waals surface area (Å²) >= 11 is 6.99. The maximum absolute atomic E-state index is 12.4. The van der Waals surface area contributed by atoms with Crippen molar-refractivity contribution in [3.8, 4) is 11.5 Å². The van der Waals surface area contributed by atoms with Gasteiger partial charge in [0.25, 0.3) is 5.24 Å². The van der Waals surface area contributed by atoms with E-state index in [-0.39, 0.29) is 36.0 Å². The molecule has 0 spiro atoms. The summed E-state index contributed by atoms with van der Waals surface area (Å²) in [5.41, 5.74) is 0.937. The van der Waals surface area contributed by atoms with Gasteiger partial charge in [0.15, 0.2) is 6.10 Å². The number of hydrogen-bond acceptors (Lipinski definition) is 7. The normalized spacial score (nSPS) is 20.8. The maximum atomic E-state index is 12.4. The Kier molecular flexibility index (Phi) is 7.84. The molecule has 2 aromatic carbocycles. The molecule has 0 bridgehead atoms. The van der Waals surface area contributed by atoms with Gasteiger partial charge >= 0.3 is 6.09 Å². The van der Waals surface area contributed by atoms with Crippen LogP contribution >= 0.6 is 23.4 Å². The molecule has 2 saturated heterocycles. The second-order valence-corrected chi connectivity index (χ2v) is 9.64. The van der Waals surface area contributed by atoms with E-state index in [1.807, 2.05) is 31.2 Å². The van der Waals surface area contributed by atoms with Crippen LogP contribution in [0.15, 0.2) is 48.5 Å². The average molecular weight is 505 g/mol. The zero-order valence-electron chi connectivity index (χ0n) is 18.6. The highest BCUT2D eigenvalue weighted by Gasteiger charge is 2.36. The Hall–Kier alpha value is -2.91. The molecule has 180 valence electrons. The minimum atomic E-state index is -0.402. The molecular formula is C24H25ClN2O6S. The van der Waals surface area contributed by atoms with E-state index in [0.29, 0.717) is 42.5 Å². The van der Waals surface area contributed by atoms with Crippen molar-refractivity contribution in [2.45, 2.75) is 37.2 Å². The Bertz CT molecular complexity index is 1050. The molecule has 34 heavy (non-hydrogen) atoms. The fourth-order valence-electron chi connectivity index (χ4n) is 3.76. The van der Waals surface area contributed by atoms with Crippen LogP contribution in [0.3, 0.4) is 0 Å². The van der Waals surface area contributed by atoms with Crippen LogP contribution < -0.4 is 14.8 Å². The molecule has 10 heteroatoms. The van der Waals surface area contributed by atoms with Gasteiger partial charge in [-0.15, -0.1) is 0 Å². The molecule has 3 atom stereocenters. The van der Waals surface area contributed by atoms with E-state index in [0.717, 1.165) is 17.3 Å². The van der Waals surface area contributed by atoms with Crippen LogP contribution in [0.1, 0.15) is 18.9 Å². The zero-order valence-corrected chi connectivity index (χ0v) is 20.1. The highest BCUT2D eigenvalue weighted by molar-refractivity contribution is 8.15. The number of hydrogen-bond donors (Lipinski definition) is 1. The van der Waals surface area contributed by atoms with Crippen molar-refractivity contribution in [2.75, 3.05) is 19.8 Å². The molecule has 0 radical (unpaired) electrons. The number of nitrogens with zero attached hydrogens (tertiary/aromatic N) is 1. The van der Waals surface area contributed by atoms with Crippen LogP contribution in [0.25, 0.3) is 0 Å². The highest BCUT2D eigenvalue weighted by atomic mass is 35.5. The lowest BCUT2D eigenvalue weighted by molar-refractivity contribution is -0.118. The fourth-order valence-corrected chi connectivity index (χ4v) is 4.80. The van der Waals surface area contributed by atoms with Crippen LogP contribution in [0.2, 0.25) is 5.02 Å². The monoisotopic (exact) mass is 504 g/mol. The predicted molar refractivity (Wildman–Crippen MR) is 129 cm³/mol. The molecule has 1 N–H and O–H groups in total. The Morgan fingerprint density at radius 3 is 2.62 bits per heavy atom. The SMILES string of the molecule is CCC(COc1ccc(CC2SC(=O)NC2=O)cc1)N1CC(COc2cccc(Cl)c2)OC1=O. The third-order valence-corrected chi connectivity index (χ3v) is 6.82. The largest absolute Gasteiger partial charge is 0.491 e. The third kappa shape index (κ3) is 6.15. The van der Waals surface area contributed by atoms with Crippen LogP contribution in [0.4, 0.5) is 9.59 Å². The Balaban J connectivity index is 1.26. The van der Waals surface area contributed by atoms with Gasteiger partial charge in [0.05, 0.1) is 17.8 Å². The molecule has 2 fully saturated rings. The summed E-state index contributed by atoms with van der Waals surface area (Å²) in [6, 6.07) is 14.3. The third-order valence-electron chi connectivity index (χ3n) is 5.60. The first-order valence-corrected chi connectivity index (χ1v) is 12.3. The summed E-state index contributed by atoms with van der Waals surface area (Å²) in [5, 5.41) is 2.17. The van der Waals surface area contributed by atoms with E-state index in [1.54, 1.807) is 29.2 Å². The van der Waals surface area contributed by atoms with Gasteiger partial charge in [-0.2, -0.15) is 0 Å². The molecule has 8 nitrogen and oxygen atoms in total. The predicted octanol–water partition coefficient (Wildman–Crippen LogP) is 4.29. The van der Waals surface area contributed by atoms with Gasteiger partial charge in [0.2, 0.25) is 5.91 Å². The van der Waals surface area contributed by atoms with E-state index in [1.165, 1.54) is 0 Å². The van der Waals surface area contributed by atoms with Crippen molar-refractivity contribution >= 4 is 40.6 Å². The minimum Gasteiger partial charge on any atom is -0.491 e. The first kappa shape index (κ1) is 24.2. The molecule has 0 aliphatic carbocycles. The quantitative estimate of drug-likeness (QED) is 0.515. The van der Waals surface area contributed by atoms with Gasteiger partial charge in [0.1, 0.15) is 24.7 Å². The summed E-state index contributed by atoms with van der Waals surface area (Å²) in [6.07, 6.45) is 0.417. The van der Waals surface area contributed by atoms with Gasteiger partial charge in [-0.3, -0.25) is 19.8 Å². The second kappa shape index (κ2) is 11.0. The number of carbonyl (C=O) groups excluding carboxylic acids is 3. The van der Waals surface area contributed by atoms with E-state index >= 15 is 0 Å². The van der Waals surface area contributed by atoms with Crippen molar-refractivity contribution in [1.29, 1.82) is 0 Å². The van der Waals surface area contributed by atoms with Crippen LogP contribution in [0, 0.1) is 0 Å². The Morgan fingerprint density at radius 1 is 1.15 bits per heavy atom. The molecule has 4 rings (SSSR count). The van der Waals surface area contributed by atoms with Gasteiger partial charge in [-0.05, 0) is 48.7 Å². The van der Waals surface area contributed by atoms with Crippen LogP contribution in [-0.4, -0.2) is 59.3 Å². The summed E-state index contributed by atoms with van der Waals surface area (Å²) in [7, 11) is 0. The number of rotatable bonds is 10. The number of amides is 3. The van der Waals surface area contributed by atoms with Gasteiger partial charge < -0.3 is 14.2 Å². The zero-order chi connectivity index (χ0) is 24.1. The van der Waals surface area contributed by atoms with Crippen molar-refractivity contribution in [3.05, 3.63) is 59.1 Å². The number of thioether (sulfide) groups is 1. The van der Waals surface area contributed by atoms with Crippen LogP contribution in [0.5, 0.6) is 11.5 Å². The number of carbonyl (C=O) groups is 3. The summed E-state index contributed by atoms with van der Waals surface area (Å²) in [4.78, 5) is 37.2. The number of ether oxygens (including phenoxy) is 3. The maximum Gasteiger partial charge on any atom is 0.410 e. The molecule has 0 aromatic heterocycles. The van der Waals surface area contributed by atoms with Gasteiger partial charge in [-0.1, -0.05) is 48.5 Å². The molecule has 0 saturated carbocycles. The van der Waals surface area contributed by atoms with Crippen LogP contribution in [-0.2, 0) is 16.0 Å². The van der Waals surface area contributed by atoms with E-state index < -0.39 is 5.25 Å². The first-order chi connectivity index (χ1) is 16.4. The molecule has 2 aliphatic rings. The van der Waals surface area contributed by atoms with Crippen molar-refractivity contribution in [2.24, 2.45) is 0 Å². The average Bonchev–Trinajstić information content (AvgIpc) is 3.34. The molecule has 2 heterocycles. The number of cyclic esters (lactones) is 1. The lowest BCUT2D eigenvalue weighted by Crippen LogP contribution is -2.40. The van der Waals surface area contributed by atoms with E-state index in [2.05, 4.69) is 5.32 Å². The summed E-state index contributed by atoms with van der Waals surface area (Å²) in [6.45, 7) is 2.97. The van der Waals surface area contributed by atoms with Crippen molar-refractivity contribution in [3.63, 3.8) is 0 Å².